The summed E-state index contributed by atoms with van der Waals surface area (Å²) in [5, 5.41) is 2.79. The molecule has 0 fully saturated rings. The van der Waals surface area contributed by atoms with E-state index >= 15 is 0 Å². The first-order valence-corrected chi connectivity index (χ1v) is 10.2. The van der Waals surface area contributed by atoms with Crippen LogP contribution in [0.15, 0.2) is 59.5 Å². The Morgan fingerprint density at radius 2 is 1.80 bits per heavy atom. The minimum atomic E-state index is -0.429. The first kappa shape index (κ1) is 21.5. The fourth-order valence-electron chi connectivity index (χ4n) is 3.37. The number of hydrogen-bond acceptors (Lipinski definition) is 2. The van der Waals surface area contributed by atoms with Crippen LogP contribution >= 0.6 is 0 Å². The summed E-state index contributed by atoms with van der Waals surface area (Å²) in [6.45, 7) is 6.89. The van der Waals surface area contributed by atoms with Crippen molar-refractivity contribution < 1.29 is 9.18 Å². The Bertz CT molecular complexity index is 1100. The zero-order chi connectivity index (χ0) is 21.7. The van der Waals surface area contributed by atoms with E-state index in [0.29, 0.717) is 6.54 Å². The van der Waals surface area contributed by atoms with Crippen LogP contribution in [-0.2, 0) is 13.1 Å². The highest BCUT2D eigenvalue weighted by atomic mass is 19.1. The molecule has 3 rings (SSSR count). The molecule has 0 saturated heterocycles. The number of carbonyl (C=O) groups excluding carboxylic acids is 1. The number of benzene rings is 2. The Morgan fingerprint density at radius 1 is 1.07 bits per heavy atom. The van der Waals surface area contributed by atoms with E-state index in [-0.39, 0.29) is 23.5 Å². The van der Waals surface area contributed by atoms with Gasteiger partial charge in [0, 0.05) is 19.3 Å². The molecule has 0 atom stereocenters. The molecule has 1 aromatic heterocycles. The fourth-order valence-corrected chi connectivity index (χ4v) is 3.37. The molecular weight excluding hydrogens is 379 g/mol. The Balaban J connectivity index is 1.97. The number of nitrogens with zero attached hydrogens (tertiary/aromatic N) is 1. The number of amides is 1. The van der Waals surface area contributed by atoms with E-state index < -0.39 is 5.91 Å². The van der Waals surface area contributed by atoms with Gasteiger partial charge in [-0.1, -0.05) is 49.2 Å². The van der Waals surface area contributed by atoms with Crippen molar-refractivity contribution in [2.45, 2.75) is 46.7 Å². The summed E-state index contributed by atoms with van der Waals surface area (Å²) in [6.07, 6.45) is 3.65. The highest BCUT2D eigenvalue weighted by molar-refractivity contribution is 5.95. The fraction of sp³-hybridized carbons (Fsp3) is 0.280. The molecule has 1 N–H and O–H groups in total. The maximum atomic E-state index is 13.1. The monoisotopic (exact) mass is 406 g/mol. The lowest BCUT2D eigenvalue weighted by Gasteiger charge is -2.14. The van der Waals surface area contributed by atoms with Crippen molar-refractivity contribution in [1.29, 1.82) is 0 Å². The average molecular weight is 407 g/mol. The molecule has 0 unspecified atom stereocenters. The number of rotatable bonds is 7. The molecule has 1 heterocycles. The quantitative estimate of drug-likeness (QED) is 0.600. The van der Waals surface area contributed by atoms with Crippen LogP contribution in [0.2, 0.25) is 0 Å². The van der Waals surface area contributed by atoms with Crippen LogP contribution in [0.4, 0.5) is 4.39 Å². The van der Waals surface area contributed by atoms with Crippen LogP contribution in [0.25, 0.3) is 11.1 Å². The van der Waals surface area contributed by atoms with Crippen LogP contribution < -0.4 is 10.9 Å². The zero-order valence-corrected chi connectivity index (χ0v) is 17.7. The van der Waals surface area contributed by atoms with Crippen LogP contribution in [0.3, 0.4) is 0 Å². The van der Waals surface area contributed by atoms with Crippen molar-refractivity contribution in [2.75, 3.05) is 0 Å². The van der Waals surface area contributed by atoms with E-state index in [9.17, 15) is 14.0 Å². The lowest BCUT2D eigenvalue weighted by atomic mass is 9.98. The number of aryl methyl sites for hydroxylation is 3. The molecule has 156 valence electrons. The van der Waals surface area contributed by atoms with Crippen molar-refractivity contribution in [2.24, 2.45) is 0 Å². The predicted molar refractivity (Wildman–Crippen MR) is 118 cm³/mol. The van der Waals surface area contributed by atoms with Crippen molar-refractivity contribution in [3.63, 3.8) is 0 Å². The van der Waals surface area contributed by atoms with Crippen LogP contribution in [0.5, 0.6) is 0 Å². The van der Waals surface area contributed by atoms with Gasteiger partial charge in [-0.25, -0.2) is 4.39 Å². The SMILES string of the molecule is CCCCn1cc(-c2cc(C)ccc2C)cc(C(=O)NCc2ccc(F)cc2)c1=O. The minimum absolute atomic E-state index is 0.117. The minimum Gasteiger partial charge on any atom is -0.348 e. The molecule has 0 bridgehead atoms. The highest BCUT2D eigenvalue weighted by Gasteiger charge is 2.16. The Kier molecular flexibility index (Phi) is 6.83. The number of nitrogens with one attached hydrogen (secondary N) is 1. The molecule has 0 aliphatic heterocycles. The summed E-state index contributed by atoms with van der Waals surface area (Å²) < 4.78 is 14.7. The highest BCUT2D eigenvalue weighted by Crippen LogP contribution is 2.24. The van der Waals surface area contributed by atoms with Gasteiger partial charge >= 0.3 is 0 Å². The van der Waals surface area contributed by atoms with Crippen LogP contribution in [0, 0.1) is 19.7 Å². The summed E-state index contributed by atoms with van der Waals surface area (Å²) in [7, 11) is 0. The second kappa shape index (κ2) is 9.53. The maximum Gasteiger partial charge on any atom is 0.263 e. The Labute approximate surface area is 176 Å². The smallest absolute Gasteiger partial charge is 0.263 e. The summed E-state index contributed by atoms with van der Waals surface area (Å²) in [5.41, 5.74) is 4.64. The third kappa shape index (κ3) is 5.03. The Hall–Kier alpha value is -3.21. The molecule has 0 radical (unpaired) electrons. The van der Waals surface area contributed by atoms with E-state index in [4.69, 9.17) is 0 Å². The van der Waals surface area contributed by atoms with Crippen molar-refractivity contribution in [1.82, 2.24) is 9.88 Å². The third-order valence-corrected chi connectivity index (χ3v) is 5.15. The lowest BCUT2D eigenvalue weighted by Crippen LogP contribution is -2.33. The number of halogens is 1. The molecule has 3 aromatic rings. The molecule has 0 saturated carbocycles. The van der Waals surface area contributed by atoms with Gasteiger partial charge in [-0.05, 0) is 60.7 Å². The zero-order valence-electron chi connectivity index (χ0n) is 17.7. The van der Waals surface area contributed by atoms with E-state index in [2.05, 4.69) is 18.3 Å². The molecule has 0 aliphatic rings. The number of aromatic nitrogens is 1. The van der Waals surface area contributed by atoms with Gasteiger partial charge in [0.05, 0.1) is 0 Å². The van der Waals surface area contributed by atoms with E-state index in [1.54, 1.807) is 22.8 Å². The molecule has 5 heteroatoms. The largest absolute Gasteiger partial charge is 0.348 e. The van der Waals surface area contributed by atoms with E-state index in [0.717, 1.165) is 40.7 Å². The van der Waals surface area contributed by atoms with Gasteiger partial charge < -0.3 is 9.88 Å². The number of carbonyl (C=O) groups is 1. The molecule has 2 aromatic carbocycles. The van der Waals surface area contributed by atoms with E-state index in [1.807, 2.05) is 32.2 Å². The molecule has 0 aliphatic carbocycles. The van der Waals surface area contributed by atoms with Gasteiger partial charge in [0.25, 0.3) is 11.5 Å². The average Bonchev–Trinajstić information content (AvgIpc) is 2.74. The van der Waals surface area contributed by atoms with Crippen LogP contribution in [-0.4, -0.2) is 10.5 Å². The predicted octanol–water partition coefficient (Wildman–Crippen LogP) is 5.00. The molecule has 1 amide bonds. The summed E-state index contributed by atoms with van der Waals surface area (Å²) >= 11 is 0. The first-order chi connectivity index (χ1) is 14.4. The van der Waals surface area contributed by atoms with Gasteiger partial charge in [0.15, 0.2) is 0 Å². The summed E-state index contributed by atoms with van der Waals surface area (Å²) in [6, 6.07) is 13.7. The van der Waals surface area contributed by atoms with E-state index in [1.165, 1.54) is 12.1 Å². The van der Waals surface area contributed by atoms with Gasteiger partial charge in [-0.2, -0.15) is 0 Å². The number of unbranched alkanes of at least 4 members (excludes halogenated alkanes) is 1. The molecular formula is C25H27FN2O2. The maximum absolute atomic E-state index is 13.1. The van der Waals surface area contributed by atoms with Gasteiger partial charge in [-0.15, -0.1) is 0 Å². The molecule has 30 heavy (non-hydrogen) atoms. The first-order valence-electron chi connectivity index (χ1n) is 10.2. The summed E-state index contributed by atoms with van der Waals surface area (Å²) in [4.78, 5) is 25.8. The second-order valence-electron chi connectivity index (χ2n) is 7.62. The van der Waals surface area contributed by atoms with Crippen molar-refractivity contribution >= 4 is 5.91 Å². The number of pyridine rings is 1. The topological polar surface area (TPSA) is 51.1 Å². The normalized spacial score (nSPS) is 10.8. The molecule has 4 nitrogen and oxygen atoms in total. The summed E-state index contributed by atoms with van der Waals surface area (Å²) in [5.74, 6) is -0.758. The number of hydrogen-bond donors (Lipinski definition) is 1. The van der Waals surface area contributed by atoms with Gasteiger partial charge in [0.1, 0.15) is 11.4 Å². The standard InChI is InChI=1S/C25H27FN2O2/c1-4-5-12-28-16-20(22-13-17(2)6-7-18(22)3)14-23(25(28)30)24(29)27-15-19-8-10-21(26)11-9-19/h6-11,13-14,16H,4-5,12,15H2,1-3H3,(H,27,29). The third-order valence-electron chi connectivity index (χ3n) is 5.15. The molecule has 0 spiro atoms. The van der Waals surface area contributed by atoms with Gasteiger partial charge in [0.2, 0.25) is 0 Å². The van der Waals surface area contributed by atoms with Crippen molar-refractivity contribution in [3.05, 3.63) is 93.2 Å². The van der Waals surface area contributed by atoms with Gasteiger partial charge in [-0.3, -0.25) is 9.59 Å². The van der Waals surface area contributed by atoms with Crippen molar-refractivity contribution in [3.8, 4) is 11.1 Å². The Morgan fingerprint density at radius 3 is 2.50 bits per heavy atom. The second-order valence-corrected chi connectivity index (χ2v) is 7.62. The lowest BCUT2D eigenvalue weighted by molar-refractivity contribution is 0.0948. The van der Waals surface area contributed by atoms with Crippen LogP contribution in [0.1, 0.15) is 46.8 Å².